The van der Waals surface area contributed by atoms with E-state index in [0.29, 0.717) is 42.1 Å². The zero-order valence-electron chi connectivity index (χ0n) is 18.6. The van der Waals surface area contributed by atoms with Crippen molar-refractivity contribution in [2.75, 3.05) is 7.11 Å². The van der Waals surface area contributed by atoms with Crippen LogP contribution in [-0.4, -0.2) is 25.5 Å². The van der Waals surface area contributed by atoms with Gasteiger partial charge in [0.15, 0.2) is 0 Å². The molecular formula is C26H37FO3. The summed E-state index contributed by atoms with van der Waals surface area (Å²) < 4.78 is 33.8. The quantitative estimate of drug-likeness (QED) is 0.543. The van der Waals surface area contributed by atoms with Crippen LogP contribution in [0, 0.1) is 35.5 Å². The molecule has 0 radical (unpaired) electrons. The number of furan rings is 1. The van der Waals surface area contributed by atoms with Gasteiger partial charge in [-0.2, -0.15) is 0 Å². The lowest BCUT2D eigenvalue weighted by molar-refractivity contribution is -0.208. The van der Waals surface area contributed by atoms with E-state index in [1.165, 1.54) is 0 Å². The monoisotopic (exact) mass is 416 g/mol. The average Bonchev–Trinajstić information content (AvgIpc) is 3.31. The molecule has 0 aromatic carbocycles. The number of alkyl halides is 1. The van der Waals surface area contributed by atoms with Gasteiger partial charge in [-0.05, 0) is 92.7 Å². The van der Waals surface area contributed by atoms with Crippen LogP contribution in [0.4, 0.5) is 4.39 Å². The molecule has 3 aliphatic carbocycles. The Morgan fingerprint density at radius 1 is 1.07 bits per heavy atom. The minimum Gasteiger partial charge on any atom is -0.466 e. The summed E-state index contributed by atoms with van der Waals surface area (Å²) in [6.07, 6.45) is 13.1. The van der Waals surface area contributed by atoms with Crippen LogP contribution in [0.3, 0.4) is 0 Å². The van der Waals surface area contributed by atoms with Crippen LogP contribution in [0.1, 0.15) is 64.6 Å². The maximum atomic E-state index is 15.0. The molecule has 166 valence electrons. The van der Waals surface area contributed by atoms with Crippen LogP contribution in [0.2, 0.25) is 0 Å². The maximum absolute atomic E-state index is 15.0. The Labute approximate surface area is 180 Å². The van der Waals surface area contributed by atoms with Crippen molar-refractivity contribution in [3.63, 3.8) is 0 Å². The van der Waals surface area contributed by atoms with Gasteiger partial charge < -0.3 is 13.9 Å². The highest BCUT2D eigenvalue weighted by Crippen LogP contribution is 2.56. The van der Waals surface area contributed by atoms with E-state index in [-0.39, 0.29) is 12.0 Å². The number of hydrogen-bond acceptors (Lipinski definition) is 3. The minimum absolute atomic E-state index is 0.0718. The predicted molar refractivity (Wildman–Crippen MR) is 115 cm³/mol. The second kappa shape index (κ2) is 8.09. The number of fused-ring (bicyclic) bond motifs is 3. The first-order valence-electron chi connectivity index (χ1n) is 12.1. The largest absolute Gasteiger partial charge is 0.466 e. The summed E-state index contributed by atoms with van der Waals surface area (Å²) >= 11 is 0. The molecule has 8 unspecified atom stereocenters. The first-order chi connectivity index (χ1) is 14.5. The van der Waals surface area contributed by atoms with Crippen molar-refractivity contribution >= 4 is 0 Å². The van der Waals surface area contributed by atoms with Gasteiger partial charge in [0.2, 0.25) is 0 Å². The Balaban J connectivity index is 1.51. The molecule has 30 heavy (non-hydrogen) atoms. The third kappa shape index (κ3) is 3.30. The van der Waals surface area contributed by atoms with Gasteiger partial charge in [0.1, 0.15) is 17.5 Å². The molecule has 1 aromatic rings. The summed E-state index contributed by atoms with van der Waals surface area (Å²) in [5.74, 6) is 3.04. The van der Waals surface area contributed by atoms with E-state index in [2.05, 4.69) is 32.1 Å². The molecule has 3 saturated carbocycles. The lowest BCUT2D eigenvalue weighted by Crippen LogP contribution is -2.57. The highest BCUT2D eigenvalue weighted by molar-refractivity contribution is 5.25. The summed E-state index contributed by atoms with van der Waals surface area (Å²) in [5, 5.41) is 0. The molecule has 3 fully saturated rings. The van der Waals surface area contributed by atoms with Crippen LogP contribution in [0.15, 0.2) is 35.0 Å². The molecule has 5 rings (SSSR count). The van der Waals surface area contributed by atoms with Crippen molar-refractivity contribution in [2.45, 2.75) is 82.8 Å². The third-order valence-electron chi connectivity index (χ3n) is 8.99. The predicted octanol–water partition coefficient (Wildman–Crippen LogP) is 6.29. The molecule has 3 nitrogen and oxygen atoms in total. The smallest absolute Gasteiger partial charge is 0.147 e. The topological polar surface area (TPSA) is 31.6 Å². The SMILES string of the molecule is COC1CCC(C2(c3ccco3)C=CC3C(C)CC4C(F)CCC(C)C4C3O2)CC1. The van der Waals surface area contributed by atoms with Crippen molar-refractivity contribution in [2.24, 2.45) is 35.5 Å². The van der Waals surface area contributed by atoms with E-state index in [4.69, 9.17) is 13.9 Å². The van der Waals surface area contributed by atoms with Crippen molar-refractivity contribution < 1.29 is 18.3 Å². The molecule has 0 amide bonds. The minimum atomic E-state index is -0.681. The van der Waals surface area contributed by atoms with E-state index in [9.17, 15) is 0 Å². The van der Waals surface area contributed by atoms with E-state index in [1.54, 1.807) is 6.26 Å². The number of ether oxygens (including phenoxy) is 2. The average molecular weight is 417 g/mol. The van der Waals surface area contributed by atoms with Gasteiger partial charge in [0.05, 0.1) is 18.5 Å². The molecule has 4 heteroatoms. The van der Waals surface area contributed by atoms with Crippen LogP contribution >= 0.6 is 0 Å². The highest BCUT2D eigenvalue weighted by atomic mass is 19.1. The highest BCUT2D eigenvalue weighted by Gasteiger charge is 2.56. The molecule has 0 N–H and O–H groups in total. The van der Waals surface area contributed by atoms with Gasteiger partial charge in [-0.15, -0.1) is 0 Å². The molecule has 8 atom stereocenters. The summed E-state index contributed by atoms with van der Waals surface area (Å²) in [4.78, 5) is 0. The summed E-state index contributed by atoms with van der Waals surface area (Å²) in [7, 11) is 1.82. The molecule has 1 aromatic heterocycles. The van der Waals surface area contributed by atoms with Crippen LogP contribution in [0.5, 0.6) is 0 Å². The number of rotatable bonds is 3. The van der Waals surface area contributed by atoms with Crippen molar-refractivity contribution in [1.82, 2.24) is 0 Å². The van der Waals surface area contributed by atoms with Gasteiger partial charge in [-0.1, -0.05) is 19.9 Å². The van der Waals surface area contributed by atoms with Crippen LogP contribution in [0.25, 0.3) is 0 Å². The molecule has 0 bridgehead atoms. The molecule has 1 aliphatic heterocycles. The Hall–Kier alpha value is -1.13. The standard InChI is InChI=1S/C26H37FO3/c1-16-6-11-22(27)21-15-17(2)20-12-13-26(23-5-4-14-29-23,30-25(20)24(16)21)18-7-9-19(28-3)10-8-18/h4-5,12-14,16-22,24-25H,6-11,15H2,1-3H3. The van der Waals surface area contributed by atoms with Gasteiger partial charge in [-0.3, -0.25) is 0 Å². The molecule has 4 aliphatic rings. The first-order valence-corrected chi connectivity index (χ1v) is 12.1. The third-order valence-corrected chi connectivity index (χ3v) is 8.99. The zero-order valence-corrected chi connectivity index (χ0v) is 18.6. The van der Waals surface area contributed by atoms with E-state index >= 15 is 4.39 Å². The normalized spacial score (nSPS) is 48.7. The molecule has 2 heterocycles. The van der Waals surface area contributed by atoms with Gasteiger partial charge >= 0.3 is 0 Å². The van der Waals surface area contributed by atoms with Gasteiger partial charge in [0, 0.05) is 13.0 Å². The van der Waals surface area contributed by atoms with Crippen LogP contribution in [-0.2, 0) is 15.1 Å². The Morgan fingerprint density at radius 3 is 2.57 bits per heavy atom. The first kappa shape index (κ1) is 20.8. The summed E-state index contributed by atoms with van der Waals surface area (Å²) in [5.41, 5.74) is -0.534. The van der Waals surface area contributed by atoms with Crippen molar-refractivity contribution in [1.29, 1.82) is 0 Å². The number of halogens is 1. The Bertz CT molecular complexity index is 737. The molecular weight excluding hydrogens is 379 g/mol. The summed E-state index contributed by atoms with van der Waals surface area (Å²) in [6, 6.07) is 4.04. The van der Waals surface area contributed by atoms with E-state index < -0.39 is 11.8 Å². The van der Waals surface area contributed by atoms with Crippen molar-refractivity contribution in [3.05, 3.63) is 36.3 Å². The van der Waals surface area contributed by atoms with E-state index in [0.717, 1.165) is 44.3 Å². The van der Waals surface area contributed by atoms with Gasteiger partial charge in [-0.25, -0.2) is 4.39 Å². The fourth-order valence-electron chi connectivity index (χ4n) is 7.31. The lowest BCUT2D eigenvalue weighted by atomic mass is 9.57. The molecule has 0 saturated heterocycles. The number of hydrogen-bond donors (Lipinski definition) is 0. The molecule has 0 spiro atoms. The van der Waals surface area contributed by atoms with Crippen molar-refractivity contribution in [3.8, 4) is 0 Å². The van der Waals surface area contributed by atoms with Gasteiger partial charge in [0.25, 0.3) is 0 Å². The summed E-state index contributed by atoms with van der Waals surface area (Å²) in [6.45, 7) is 4.61. The fraction of sp³-hybridized carbons (Fsp3) is 0.769. The number of methoxy groups -OCH3 is 1. The Kier molecular flexibility index (Phi) is 5.60. The second-order valence-electron chi connectivity index (χ2n) is 10.5. The second-order valence-corrected chi connectivity index (χ2v) is 10.5. The fourth-order valence-corrected chi connectivity index (χ4v) is 7.31. The Morgan fingerprint density at radius 2 is 1.87 bits per heavy atom. The zero-order chi connectivity index (χ0) is 20.9. The maximum Gasteiger partial charge on any atom is 0.147 e. The van der Waals surface area contributed by atoms with Crippen LogP contribution < -0.4 is 0 Å². The van der Waals surface area contributed by atoms with E-state index in [1.807, 2.05) is 13.2 Å². The lowest BCUT2D eigenvalue weighted by Gasteiger charge is -2.56.